The number of aromatic carboxylic acids is 1. The van der Waals surface area contributed by atoms with Crippen molar-refractivity contribution in [2.45, 2.75) is 10.8 Å². The van der Waals surface area contributed by atoms with Crippen LogP contribution in [0.15, 0.2) is 45.9 Å². The van der Waals surface area contributed by atoms with Gasteiger partial charge < -0.3 is 15.3 Å². The Balaban J connectivity index is 2.10. The van der Waals surface area contributed by atoms with Crippen LogP contribution in [-0.4, -0.2) is 21.2 Å². The summed E-state index contributed by atoms with van der Waals surface area (Å²) in [6, 6.07) is 8.99. The lowest BCUT2D eigenvalue weighted by molar-refractivity contribution is 0.0656. The molecule has 1 aromatic carbocycles. The van der Waals surface area contributed by atoms with Gasteiger partial charge in [-0.2, -0.15) is 0 Å². The van der Waals surface area contributed by atoms with Gasteiger partial charge in [0.15, 0.2) is 5.09 Å². The Morgan fingerprint density at radius 1 is 1.15 bits per heavy atom. The number of rotatable bonds is 5. The Morgan fingerprint density at radius 3 is 2.30 bits per heavy atom. The van der Waals surface area contributed by atoms with E-state index in [-0.39, 0.29) is 16.6 Å². The zero-order valence-corrected chi connectivity index (χ0v) is 11.1. The van der Waals surface area contributed by atoms with Gasteiger partial charge in [0.05, 0.1) is 16.6 Å². The van der Waals surface area contributed by atoms with Crippen LogP contribution in [0.4, 0.5) is 0 Å². The van der Waals surface area contributed by atoms with Gasteiger partial charge in [0.1, 0.15) is 0 Å². The predicted octanol–water partition coefficient (Wildman–Crippen LogP) is 1.38. The largest absolute Gasteiger partial charge is 0.475 e. The third-order valence-electron chi connectivity index (χ3n) is 2.55. The van der Waals surface area contributed by atoms with Crippen LogP contribution in [0.3, 0.4) is 0 Å². The van der Waals surface area contributed by atoms with Gasteiger partial charge in [-0.05, 0) is 29.8 Å². The highest BCUT2D eigenvalue weighted by atomic mass is 32.2. The lowest BCUT2D eigenvalue weighted by Gasteiger charge is -2.01. The molecule has 2 rings (SSSR count). The van der Waals surface area contributed by atoms with Crippen molar-refractivity contribution in [2.75, 3.05) is 0 Å². The van der Waals surface area contributed by atoms with Crippen molar-refractivity contribution in [3.05, 3.63) is 53.3 Å². The van der Waals surface area contributed by atoms with Gasteiger partial charge in [0, 0.05) is 5.56 Å². The number of carbonyl (C=O) groups excluding carboxylic acids is 1. The average molecular weight is 293 g/mol. The first-order chi connectivity index (χ1) is 9.47. The maximum absolute atomic E-state index is 12.0. The third-order valence-corrected chi connectivity index (χ3v) is 3.82. The zero-order valence-electron chi connectivity index (χ0n) is 10.2. The maximum atomic E-state index is 12.0. The molecule has 0 saturated heterocycles. The molecule has 2 aromatic rings. The molecule has 0 radical (unpaired) electrons. The summed E-state index contributed by atoms with van der Waals surface area (Å²) in [4.78, 5) is 21.6. The number of amides is 1. The van der Waals surface area contributed by atoms with Crippen LogP contribution in [0.2, 0.25) is 0 Å². The Hall–Kier alpha value is -2.41. The summed E-state index contributed by atoms with van der Waals surface area (Å²) in [5.41, 5.74) is 6.21. The van der Waals surface area contributed by atoms with Gasteiger partial charge in [-0.15, -0.1) is 0 Å². The number of furan rings is 1. The number of hydrogen-bond donors (Lipinski definition) is 2. The van der Waals surface area contributed by atoms with Crippen molar-refractivity contribution in [1.29, 1.82) is 0 Å². The van der Waals surface area contributed by atoms with E-state index in [1.165, 1.54) is 12.1 Å². The van der Waals surface area contributed by atoms with Crippen LogP contribution < -0.4 is 5.73 Å². The van der Waals surface area contributed by atoms with Crippen LogP contribution in [0.25, 0.3) is 0 Å². The van der Waals surface area contributed by atoms with Crippen molar-refractivity contribution in [2.24, 2.45) is 5.73 Å². The van der Waals surface area contributed by atoms with E-state index in [0.717, 1.165) is 5.56 Å². The van der Waals surface area contributed by atoms with E-state index in [2.05, 4.69) is 0 Å². The first-order valence-electron chi connectivity index (χ1n) is 5.57. The summed E-state index contributed by atoms with van der Waals surface area (Å²) in [5.74, 6) is -1.84. The molecule has 1 heterocycles. The molecule has 104 valence electrons. The Labute approximate surface area is 116 Å². The van der Waals surface area contributed by atoms with Crippen LogP contribution >= 0.6 is 0 Å². The summed E-state index contributed by atoms with van der Waals surface area (Å²) in [5, 5.41) is 8.81. The minimum Gasteiger partial charge on any atom is -0.475 e. The smallest absolute Gasteiger partial charge is 0.371 e. The third kappa shape index (κ3) is 3.12. The molecule has 0 fully saturated rings. The van der Waals surface area contributed by atoms with Crippen LogP contribution in [-0.2, 0) is 16.6 Å². The molecule has 3 N–H and O–H groups in total. The Kier molecular flexibility index (Phi) is 3.99. The molecule has 0 aliphatic heterocycles. The molecule has 7 heteroatoms. The highest BCUT2D eigenvalue weighted by Crippen LogP contribution is 2.16. The molecular weight excluding hydrogens is 282 g/mol. The van der Waals surface area contributed by atoms with E-state index in [9.17, 15) is 13.8 Å². The lowest BCUT2D eigenvalue weighted by Crippen LogP contribution is -2.10. The summed E-state index contributed by atoms with van der Waals surface area (Å²) in [6.07, 6.45) is 0. The summed E-state index contributed by atoms with van der Waals surface area (Å²) < 4.78 is 17.0. The van der Waals surface area contributed by atoms with Gasteiger partial charge in [-0.3, -0.25) is 9.00 Å². The van der Waals surface area contributed by atoms with Crippen molar-refractivity contribution in [3.8, 4) is 0 Å². The van der Waals surface area contributed by atoms with Crippen LogP contribution in [0.1, 0.15) is 26.5 Å². The van der Waals surface area contributed by atoms with E-state index >= 15 is 0 Å². The summed E-state index contributed by atoms with van der Waals surface area (Å²) in [6.45, 7) is 0. The average Bonchev–Trinajstić information content (AvgIpc) is 2.89. The molecule has 0 bridgehead atoms. The Bertz CT molecular complexity index is 674. The second kappa shape index (κ2) is 5.70. The number of benzene rings is 1. The topological polar surface area (TPSA) is 111 Å². The fourth-order valence-electron chi connectivity index (χ4n) is 1.55. The van der Waals surface area contributed by atoms with Gasteiger partial charge in [0.25, 0.3) is 0 Å². The van der Waals surface area contributed by atoms with Gasteiger partial charge in [-0.25, -0.2) is 4.79 Å². The molecule has 1 atom stereocenters. The minimum absolute atomic E-state index is 0.0985. The van der Waals surface area contributed by atoms with Crippen molar-refractivity contribution >= 4 is 22.7 Å². The van der Waals surface area contributed by atoms with Crippen molar-refractivity contribution in [1.82, 2.24) is 0 Å². The number of carboxylic acids is 1. The molecule has 6 nitrogen and oxygen atoms in total. The predicted molar refractivity (Wildman–Crippen MR) is 70.7 cm³/mol. The lowest BCUT2D eigenvalue weighted by atomic mass is 10.1. The monoisotopic (exact) mass is 293 g/mol. The van der Waals surface area contributed by atoms with E-state index in [4.69, 9.17) is 15.3 Å². The van der Waals surface area contributed by atoms with Gasteiger partial charge in [-0.1, -0.05) is 12.1 Å². The molecule has 0 aliphatic rings. The van der Waals surface area contributed by atoms with E-state index in [0.29, 0.717) is 5.56 Å². The first kappa shape index (κ1) is 14.0. The van der Waals surface area contributed by atoms with Crippen molar-refractivity contribution < 1.29 is 23.3 Å². The standard InChI is InChI=1S/C13H11NO5S/c14-12(15)9-3-1-8(2-4-9)7-20(18)11-6-5-10(19-11)13(16)17/h1-6H,7H2,(H2,14,15)(H,16,17). The molecular formula is C13H11NO5S. The summed E-state index contributed by atoms with van der Waals surface area (Å²) in [7, 11) is -1.49. The highest BCUT2D eigenvalue weighted by Gasteiger charge is 2.14. The SMILES string of the molecule is NC(=O)c1ccc(CS(=O)c2ccc(C(=O)O)o2)cc1. The fraction of sp³-hybridized carbons (Fsp3) is 0.0769. The van der Waals surface area contributed by atoms with Gasteiger partial charge in [0.2, 0.25) is 11.7 Å². The zero-order chi connectivity index (χ0) is 14.7. The number of carbonyl (C=O) groups is 2. The highest BCUT2D eigenvalue weighted by molar-refractivity contribution is 7.84. The molecule has 1 aromatic heterocycles. The second-order valence-corrected chi connectivity index (χ2v) is 5.36. The number of nitrogens with two attached hydrogens (primary N) is 1. The molecule has 1 amide bonds. The number of primary amides is 1. The summed E-state index contributed by atoms with van der Waals surface area (Å²) >= 11 is 0. The normalized spacial score (nSPS) is 12.0. The van der Waals surface area contributed by atoms with Crippen LogP contribution in [0, 0.1) is 0 Å². The minimum atomic E-state index is -1.49. The number of hydrogen-bond acceptors (Lipinski definition) is 4. The second-order valence-electron chi connectivity index (χ2n) is 3.97. The maximum Gasteiger partial charge on any atom is 0.371 e. The number of carboxylic acid groups (broad SMARTS) is 1. The molecule has 20 heavy (non-hydrogen) atoms. The van der Waals surface area contributed by atoms with Crippen molar-refractivity contribution in [3.63, 3.8) is 0 Å². The first-order valence-corrected chi connectivity index (χ1v) is 6.89. The van der Waals surface area contributed by atoms with E-state index in [1.807, 2.05) is 0 Å². The quantitative estimate of drug-likeness (QED) is 0.865. The van der Waals surface area contributed by atoms with Crippen LogP contribution in [0.5, 0.6) is 0 Å². The molecule has 0 aliphatic carbocycles. The van der Waals surface area contributed by atoms with E-state index in [1.54, 1.807) is 24.3 Å². The fourth-order valence-corrected chi connectivity index (χ4v) is 2.59. The van der Waals surface area contributed by atoms with E-state index < -0.39 is 22.7 Å². The Morgan fingerprint density at radius 2 is 1.80 bits per heavy atom. The van der Waals surface area contributed by atoms with Gasteiger partial charge >= 0.3 is 5.97 Å². The molecule has 0 saturated carbocycles. The molecule has 1 unspecified atom stereocenters. The molecule has 0 spiro atoms.